The lowest BCUT2D eigenvalue weighted by atomic mass is 9.46. The number of ether oxygens (including phenoxy) is 4. The topological polar surface area (TPSA) is 219 Å². The van der Waals surface area contributed by atoms with E-state index in [9.17, 15) is 46.0 Å². The van der Waals surface area contributed by atoms with Crippen LogP contribution in [0.3, 0.4) is 0 Å². The van der Waals surface area contributed by atoms with Gasteiger partial charge in [-0.2, -0.15) is 0 Å². The molecule has 2 heterocycles. The molecule has 9 N–H and O–H groups in total. The van der Waals surface area contributed by atoms with Crippen molar-refractivity contribution in [3.05, 3.63) is 11.6 Å². The van der Waals surface area contributed by atoms with E-state index in [1.807, 2.05) is 0 Å². The van der Waals surface area contributed by atoms with Crippen LogP contribution in [0.25, 0.3) is 0 Å². The highest BCUT2D eigenvalue weighted by molar-refractivity contribution is 5.28. The molecule has 0 spiro atoms. The van der Waals surface area contributed by atoms with Crippen LogP contribution in [0.5, 0.6) is 0 Å². The van der Waals surface area contributed by atoms with Crippen molar-refractivity contribution < 1.29 is 64.9 Å². The van der Waals surface area contributed by atoms with Gasteiger partial charge in [0.1, 0.15) is 36.1 Å². The quantitative estimate of drug-likeness (QED) is 0.133. The third-order valence-corrected chi connectivity index (χ3v) is 14.5. The third-order valence-electron chi connectivity index (χ3n) is 14.5. The van der Waals surface area contributed by atoms with Gasteiger partial charge in [0.05, 0.1) is 44.2 Å². The van der Waals surface area contributed by atoms with E-state index in [0.29, 0.717) is 25.2 Å². The van der Waals surface area contributed by atoms with E-state index in [2.05, 4.69) is 40.7 Å². The van der Waals surface area contributed by atoms with Crippen molar-refractivity contribution in [3.8, 4) is 0 Å². The number of hydrogen-bond donors (Lipinski definition) is 9. The Morgan fingerprint density at radius 3 is 2.29 bits per heavy atom. The minimum atomic E-state index is -1.82. The van der Waals surface area contributed by atoms with Gasteiger partial charge < -0.3 is 64.9 Å². The van der Waals surface area contributed by atoms with E-state index in [0.717, 1.165) is 31.3 Å². The molecule has 2 saturated heterocycles. The summed E-state index contributed by atoms with van der Waals surface area (Å²) in [4.78, 5) is 0. The van der Waals surface area contributed by atoms with Gasteiger partial charge in [-0.1, -0.05) is 46.3 Å². The first-order chi connectivity index (χ1) is 24.0. The zero-order valence-electron chi connectivity index (χ0n) is 30.8. The fourth-order valence-corrected chi connectivity index (χ4v) is 11.4. The Morgan fingerprint density at radius 1 is 0.922 bits per heavy atom. The molecule has 6 aliphatic rings. The first-order valence-corrected chi connectivity index (χ1v) is 19.3. The van der Waals surface area contributed by atoms with Gasteiger partial charge >= 0.3 is 0 Å². The molecule has 6 rings (SSSR count). The molecule has 3 saturated carbocycles. The van der Waals surface area contributed by atoms with Gasteiger partial charge in [-0.25, -0.2) is 0 Å². The summed E-state index contributed by atoms with van der Waals surface area (Å²) in [6.45, 7) is 9.36. The number of hydrogen-bond acceptors (Lipinski definition) is 13. The van der Waals surface area contributed by atoms with Gasteiger partial charge in [-0.15, -0.1) is 0 Å². The summed E-state index contributed by atoms with van der Waals surface area (Å²) < 4.78 is 24.6. The van der Waals surface area contributed by atoms with Crippen molar-refractivity contribution in [2.24, 2.45) is 46.3 Å². The Morgan fingerprint density at radius 2 is 1.65 bits per heavy atom. The van der Waals surface area contributed by atoms with Crippen molar-refractivity contribution in [1.82, 2.24) is 0 Å². The lowest BCUT2D eigenvalue weighted by Gasteiger charge is -2.60. The molecule has 4 aliphatic carbocycles. The average Bonchev–Trinajstić information content (AvgIpc) is 3.55. The summed E-state index contributed by atoms with van der Waals surface area (Å²) in [7, 11) is 0. The minimum Gasteiger partial charge on any atom is -0.394 e. The number of aliphatic hydroxyl groups excluding tert-OH is 8. The van der Waals surface area contributed by atoms with Crippen LogP contribution >= 0.6 is 0 Å². The lowest BCUT2D eigenvalue weighted by Crippen LogP contribution is -2.62. The summed E-state index contributed by atoms with van der Waals surface area (Å²) in [6, 6.07) is 0. The van der Waals surface area contributed by atoms with Crippen LogP contribution in [-0.2, 0) is 18.9 Å². The van der Waals surface area contributed by atoms with Crippen LogP contribution in [0.1, 0.15) is 86.0 Å². The molecule has 0 unspecified atom stereocenters. The van der Waals surface area contributed by atoms with Crippen molar-refractivity contribution in [2.45, 2.75) is 159 Å². The van der Waals surface area contributed by atoms with Crippen LogP contribution in [0, 0.1) is 46.3 Å². The van der Waals surface area contributed by atoms with Crippen molar-refractivity contribution in [3.63, 3.8) is 0 Å². The van der Waals surface area contributed by atoms with Crippen molar-refractivity contribution in [2.75, 3.05) is 19.8 Å². The van der Waals surface area contributed by atoms with Crippen molar-refractivity contribution in [1.29, 1.82) is 0 Å². The SMILES string of the molecule is CC(C)CC[C@H](O)[C@@H](C)[C@H]1[C@@H](O[C@@H]2OC[C@](O)(CO)[C@H]2O)C[C@H]2[C@@H]3CC=C4C[C@@H](O)C[C@@H](O[C@@H]5O[C@H](CO)[C@@H](O)[C@H](O)[C@H]5O)[C@]4(C)[C@H]3CC[C@]12C. The molecule has 13 nitrogen and oxygen atoms in total. The maximum Gasteiger partial charge on any atom is 0.187 e. The van der Waals surface area contributed by atoms with Crippen LogP contribution in [0.15, 0.2) is 11.6 Å². The molecule has 0 aromatic heterocycles. The molecule has 13 heteroatoms. The molecular formula is C38H64O13. The first kappa shape index (κ1) is 39.9. The van der Waals surface area contributed by atoms with Gasteiger partial charge in [-0.05, 0) is 85.9 Å². The lowest BCUT2D eigenvalue weighted by molar-refractivity contribution is -0.324. The molecule has 0 aromatic carbocycles. The molecule has 0 amide bonds. The number of aliphatic hydroxyl groups is 9. The summed E-state index contributed by atoms with van der Waals surface area (Å²) in [5, 5.41) is 95.6. The summed E-state index contributed by atoms with van der Waals surface area (Å²) in [5.74, 6) is 0.663. The smallest absolute Gasteiger partial charge is 0.187 e. The van der Waals surface area contributed by atoms with E-state index in [-0.39, 0.29) is 48.0 Å². The second kappa shape index (κ2) is 15.0. The predicted molar refractivity (Wildman–Crippen MR) is 183 cm³/mol. The Kier molecular flexibility index (Phi) is 11.8. The van der Waals surface area contributed by atoms with E-state index >= 15 is 0 Å². The normalized spacial score (nSPS) is 51.1. The Hall–Kier alpha value is -0.780. The second-order valence-corrected chi connectivity index (χ2v) is 17.8. The first-order valence-electron chi connectivity index (χ1n) is 19.3. The van der Waals surface area contributed by atoms with E-state index in [1.165, 1.54) is 0 Å². The maximum atomic E-state index is 11.6. The molecular weight excluding hydrogens is 664 g/mol. The standard InChI is InChI=1S/C38H64O13/c1-18(2)6-9-25(42)19(3)29-26(49-35-33(46)38(47,16-40)17-48-35)14-24-22-8-7-20-12-21(41)13-28(37(20,5)23(22)10-11-36(24,29)4)51-34-32(45)31(44)30(43)27(15-39)50-34/h7,18-19,21-35,39-47H,6,8-17H2,1-5H3/t19-,21-,22-,23+,24+,25+,26+,27-,28-,29+,30-,31+,32-,33+,34+,35+,36+,37+,38-/m1/s1. The van der Waals surface area contributed by atoms with Crippen LogP contribution < -0.4 is 0 Å². The van der Waals surface area contributed by atoms with Gasteiger partial charge in [0, 0.05) is 11.8 Å². The molecule has 0 aromatic rings. The minimum absolute atomic E-state index is 0.0863. The molecule has 19 atom stereocenters. The van der Waals surface area contributed by atoms with Gasteiger partial charge in [0.15, 0.2) is 12.6 Å². The highest BCUT2D eigenvalue weighted by Gasteiger charge is 2.65. The largest absolute Gasteiger partial charge is 0.394 e. The Bertz CT molecular complexity index is 1230. The monoisotopic (exact) mass is 728 g/mol. The zero-order valence-corrected chi connectivity index (χ0v) is 30.8. The number of fused-ring (bicyclic) bond motifs is 5. The van der Waals surface area contributed by atoms with Crippen LogP contribution in [-0.4, -0.2) is 139 Å². The predicted octanol–water partition coefficient (Wildman–Crippen LogP) is 0.590. The fourth-order valence-electron chi connectivity index (χ4n) is 11.4. The Balaban J connectivity index is 1.30. The van der Waals surface area contributed by atoms with Crippen LogP contribution in [0.4, 0.5) is 0 Å². The van der Waals surface area contributed by atoms with E-state index < -0.39 is 91.7 Å². The fraction of sp³-hybridized carbons (Fsp3) is 0.947. The van der Waals surface area contributed by atoms with Crippen molar-refractivity contribution >= 4 is 0 Å². The highest BCUT2D eigenvalue weighted by atomic mass is 16.7. The third kappa shape index (κ3) is 6.89. The maximum absolute atomic E-state index is 11.6. The van der Waals surface area contributed by atoms with Gasteiger partial charge in [-0.3, -0.25) is 0 Å². The van der Waals surface area contributed by atoms with Gasteiger partial charge in [0.2, 0.25) is 0 Å². The number of rotatable bonds is 11. The molecule has 0 bridgehead atoms. The second-order valence-electron chi connectivity index (χ2n) is 17.8. The molecule has 51 heavy (non-hydrogen) atoms. The zero-order chi connectivity index (χ0) is 37.2. The van der Waals surface area contributed by atoms with E-state index in [4.69, 9.17) is 18.9 Å². The van der Waals surface area contributed by atoms with E-state index in [1.54, 1.807) is 0 Å². The molecule has 5 fully saturated rings. The summed E-state index contributed by atoms with van der Waals surface area (Å²) in [6.07, 6.45) is -4.20. The average molecular weight is 729 g/mol. The molecule has 0 radical (unpaired) electrons. The van der Waals surface area contributed by atoms with Gasteiger partial charge in [0.25, 0.3) is 0 Å². The summed E-state index contributed by atoms with van der Waals surface area (Å²) >= 11 is 0. The highest BCUT2D eigenvalue weighted by Crippen LogP contribution is 2.68. The summed E-state index contributed by atoms with van der Waals surface area (Å²) in [5.41, 5.74) is -1.53. The molecule has 294 valence electrons. The van der Waals surface area contributed by atoms with Crippen LogP contribution in [0.2, 0.25) is 0 Å². The molecule has 2 aliphatic heterocycles. The number of allylic oxidation sites excluding steroid dienone is 1. The Labute approximate surface area is 301 Å².